The second-order valence-electron chi connectivity index (χ2n) is 3.25. The Bertz CT molecular complexity index is 388. The average molecular weight is 284 g/mol. The predicted molar refractivity (Wildman–Crippen MR) is 64.8 cm³/mol. The summed E-state index contributed by atoms with van der Waals surface area (Å²) < 4.78 is 39.3. The third kappa shape index (κ3) is 6.85. The van der Waals surface area contributed by atoms with Gasteiger partial charge in [-0.3, -0.25) is 4.99 Å². The first kappa shape index (κ1) is 16.4. The van der Waals surface area contributed by atoms with E-state index in [1.165, 1.54) is 24.3 Å². The lowest BCUT2D eigenvalue weighted by molar-refractivity contribution is -0.274. The summed E-state index contributed by atoms with van der Waals surface area (Å²) in [5.74, 6) is -0.259. The van der Waals surface area contributed by atoms with Crippen molar-refractivity contribution < 1.29 is 17.9 Å². The Morgan fingerprint density at radius 2 is 1.72 bits per heavy atom. The highest BCUT2D eigenvalue weighted by molar-refractivity contribution is 5.85. The molecular weight excluding hydrogens is 271 g/mol. The summed E-state index contributed by atoms with van der Waals surface area (Å²) in [5.41, 5.74) is 11.1. The Balaban J connectivity index is 0.00000289. The summed E-state index contributed by atoms with van der Waals surface area (Å²) in [5, 5.41) is 0. The highest BCUT2D eigenvalue weighted by Crippen LogP contribution is 2.22. The molecule has 0 aromatic heterocycles. The SMILES string of the molecule is Cl.NC(N)=NCCc1ccc(OC(F)(F)F)cc1. The Morgan fingerprint density at radius 1 is 1.17 bits per heavy atom. The summed E-state index contributed by atoms with van der Waals surface area (Å²) in [6.07, 6.45) is -4.12. The number of hydrogen-bond donors (Lipinski definition) is 2. The second-order valence-corrected chi connectivity index (χ2v) is 3.25. The zero-order chi connectivity index (χ0) is 12.9. The lowest BCUT2D eigenvalue weighted by atomic mass is 10.1. The van der Waals surface area contributed by atoms with Crippen molar-refractivity contribution in [3.05, 3.63) is 29.8 Å². The molecule has 0 fully saturated rings. The average Bonchev–Trinajstić information content (AvgIpc) is 2.18. The molecule has 0 saturated carbocycles. The molecule has 0 heterocycles. The van der Waals surface area contributed by atoms with E-state index < -0.39 is 6.36 Å². The fourth-order valence-electron chi connectivity index (χ4n) is 1.17. The minimum Gasteiger partial charge on any atom is -0.406 e. The molecule has 0 atom stereocenters. The van der Waals surface area contributed by atoms with Gasteiger partial charge in [-0.2, -0.15) is 0 Å². The van der Waals surface area contributed by atoms with Crippen LogP contribution in [-0.2, 0) is 6.42 Å². The number of hydrogen-bond acceptors (Lipinski definition) is 2. The third-order valence-corrected chi connectivity index (χ3v) is 1.85. The van der Waals surface area contributed by atoms with Crippen LogP contribution in [0.4, 0.5) is 13.2 Å². The van der Waals surface area contributed by atoms with Gasteiger partial charge in [0.2, 0.25) is 0 Å². The third-order valence-electron chi connectivity index (χ3n) is 1.85. The second kappa shape index (κ2) is 6.95. The molecule has 1 aromatic carbocycles. The fraction of sp³-hybridized carbons (Fsp3) is 0.300. The molecule has 1 aromatic rings. The number of nitrogens with two attached hydrogens (primary N) is 2. The number of halogens is 4. The van der Waals surface area contributed by atoms with Gasteiger partial charge in [-0.25, -0.2) is 0 Å². The number of alkyl halides is 3. The molecule has 4 nitrogen and oxygen atoms in total. The van der Waals surface area contributed by atoms with Gasteiger partial charge < -0.3 is 16.2 Å². The van der Waals surface area contributed by atoms with Gasteiger partial charge in [0.1, 0.15) is 5.75 Å². The van der Waals surface area contributed by atoms with Crippen molar-refractivity contribution in [3.63, 3.8) is 0 Å². The van der Waals surface area contributed by atoms with E-state index in [4.69, 9.17) is 11.5 Å². The molecule has 4 N–H and O–H groups in total. The molecule has 0 aliphatic carbocycles. The van der Waals surface area contributed by atoms with Crippen LogP contribution in [0.2, 0.25) is 0 Å². The van der Waals surface area contributed by atoms with Gasteiger partial charge in [-0.05, 0) is 24.1 Å². The number of guanidine groups is 1. The molecule has 8 heteroatoms. The van der Waals surface area contributed by atoms with E-state index in [0.29, 0.717) is 13.0 Å². The molecule has 0 radical (unpaired) electrons. The minimum atomic E-state index is -4.67. The summed E-state index contributed by atoms with van der Waals surface area (Å²) in [6, 6.07) is 5.56. The van der Waals surface area contributed by atoms with E-state index in [2.05, 4.69) is 9.73 Å². The van der Waals surface area contributed by atoms with E-state index in [-0.39, 0.29) is 24.1 Å². The van der Waals surface area contributed by atoms with Crippen molar-refractivity contribution in [1.82, 2.24) is 0 Å². The van der Waals surface area contributed by atoms with Crippen LogP contribution in [0.1, 0.15) is 5.56 Å². The first-order chi connectivity index (χ1) is 7.87. The molecule has 1 rings (SSSR count). The first-order valence-corrected chi connectivity index (χ1v) is 4.77. The zero-order valence-corrected chi connectivity index (χ0v) is 10.1. The quantitative estimate of drug-likeness (QED) is 0.654. The zero-order valence-electron chi connectivity index (χ0n) is 9.28. The Morgan fingerprint density at radius 3 is 2.17 bits per heavy atom. The smallest absolute Gasteiger partial charge is 0.406 e. The van der Waals surface area contributed by atoms with Crippen molar-refractivity contribution in [2.45, 2.75) is 12.8 Å². The van der Waals surface area contributed by atoms with E-state index in [0.717, 1.165) is 5.56 Å². The van der Waals surface area contributed by atoms with Gasteiger partial charge >= 0.3 is 6.36 Å². The Labute approximate surface area is 108 Å². The van der Waals surface area contributed by atoms with Crippen LogP contribution in [0.15, 0.2) is 29.3 Å². The van der Waals surface area contributed by atoms with Crippen LogP contribution in [-0.4, -0.2) is 18.9 Å². The number of nitrogens with zero attached hydrogens (tertiary/aromatic N) is 1. The van der Waals surface area contributed by atoms with Crippen molar-refractivity contribution in [2.75, 3.05) is 6.54 Å². The van der Waals surface area contributed by atoms with Gasteiger partial charge in [0.05, 0.1) is 0 Å². The van der Waals surface area contributed by atoms with E-state index in [1.54, 1.807) is 0 Å². The lowest BCUT2D eigenvalue weighted by Crippen LogP contribution is -2.23. The maximum absolute atomic E-state index is 11.9. The van der Waals surface area contributed by atoms with Crippen LogP contribution >= 0.6 is 12.4 Å². The normalized spacial score (nSPS) is 10.4. The van der Waals surface area contributed by atoms with Crippen molar-refractivity contribution >= 4 is 18.4 Å². The molecular formula is C10H13ClF3N3O. The number of ether oxygens (including phenoxy) is 1. The topological polar surface area (TPSA) is 73.6 Å². The van der Waals surface area contributed by atoms with E-state index in [9.17, 15) is 13.2 Å². The van der Waals surface area contributed by atoms with Crippen LogP contribution in [0.3, 0.4) is 0 Å². The molecule has 0 saturated heterocycles. The monoisotopic (exact) mass is 283 g/mol. The lowest BCUT2D eigenvalue weighted by Gasteiger charge is -2.08. The van der Waals surface area contributed by atoms with Gasteiger partial charge in [-0.1, -0.05) is 12.1 Å². The summed E-state index contributed by atoms with van der Waals surface area (Å²) >= 11 is 0. The van der Waals surface area contributed by atoms with Gasteiger partial charge in [0, 0.05) is 6.54 Å². The number of aliphatic imine (C=N–C) groups is 1. The van der Waals surface area contributed by atoms with Gasteiger partial charge in [0.25, 0.3) is 0 Å². The molecule has 0 amide bonds. The Hall–Kier alpha value is -1.63. The molecule has 0 aliphatic heterocycles. The summed E-state index contributed by atoms with van der Waals surface area (Å²) in [4.78, 5) is 3.76. The van der Waals surface area contributed by atoms with E-state index >= 15 is 0 Å². The van der Waals surface area contributed by atoms with Crippen LogP contribution in [0, 0.1) is 0 Å². The largest absolute Gasteiger partial charge is 0.573 e. The number of rotatable bonds is 4. The fourth-order valence-corrected chi connectivity index (χ4v) is 1.17. The highest BCUT2D eigenvalue weighted by Gasteiger charge is 2.30. The molecule has 0 aliphatic rings. The Kier molecular flexibility index (Phi) is 6.32. The van der Waals surface area contributed by atoms with Crippen LogP contribution in [0.5, 0.6) is 5.75 Å². The molecule has 18 heavy (non-hydrogen) atoms. The first-order valence-electron chi connectivity index (χ1n) is 4.77. The van der Waals surface area contributed by atoms with Crippen molar-refractivity contribution in [3.8, 4) is 5.75 Å². The van der Waals surface area contributed by atoms with Gasteiger partial charge in [0.15, 0.2) is 5.96 Å². The van der Waals surface area contributed by atoms with Crippen molar-refractivity contribution in [2.24, 2.45) is 16.5 Å². The van der Waals surface area contributed by atoms with Crippen LogP contribution in [0.25, 0.3) is 0 Å². The summed E-state index contributed by atoms with van der Waals surface area (Å²) in [6.45, 7) is 0.391. The van der Waals surface area contributed by atoms with Crippen molar-refractivity contribution in [1.29, 1.82) is 0 Å². The molecule has 102 valence electrons. The van der Waals surface area contributed by atoms with Gasteiger partial charge in [-0.15, -0.1) is 25.6 Å². The van der Waals surface area contributed by atoms with E-state index in [1.807, 2.05) is 0 Å². The molecule has 0 unspecified atom stereocenters. The predicted octanol–water partition coefficient (Wildman–Crippen LogP) is 1.82. The maximum Gasteiger partial charge on any atom is 0.573 e. The minimum absolute atomic E-state index is 0. The standard InChI is InChI=1S/C10H12F3N3O.ClH/c11-10(12,13)17-8-3-1-7(2-4-8)5-6-16-9(14)15;/h1-4H,5-6H2,(H4,14,15,16);1H. The van der Waals surface area contributed by atoms with Crippen LogP contribution < -0.4 is 16.2 Å². The summed E-state index contributed by atoms with van der Waals surface area (Å²) in [7, 11) is 0. The highest BCUT2D eigenvalue weighted by atomic mass is 35.5. The molecule has 0 spiro atoms. The number of benzene rings is 1. The maximum atomic E-state index is 11.9. The molecule has 0 bridgehead atoms.